The van der Waals surface area contributed by atoms with Crippen LogP contribution in [0.4, 0.5) is 5.69 Å². The smallest absolute Gasteiger partial charge is 0.238 e. The molecule has 0 radical (unpaired) electrons. The van der Waals surface area contributed by atoms with Crippen molar-refractivity contribution in [2.45, 2.75) is 23.5 Å². The molecule has 3 nitrogen and oxygen atoms in total. The molecule has 1 aromatic heterocycles. The number of anilines is 1. The summed E-state index contributed by atoms with van der Waals surface area (Å²) in [5, 5.41) is 2.91. The number of amides is 1. The zero-order valence-electron chi connectivity index (χ0n) is 10.9. The number of rotatable bonds is 2. The molecule has 102 valence electrons. The summed E-state index contributed by atoms with van der Waals surface area (Å²) in [6, 6.07) is 11.9. The monoisotopic (exact) mass is 348 g/mol. The number of fused-ring (bicyclic) bond motifs is 1. The van der Waals surface area contributed by atoms with Gasteiger partial charge in [-0.1, -0.05) is 18.2 Å². The van der Waals surface area contributed by atoms with Crippen molar-refractivity contribution in [1.82, 2.24) is 4.98 Å². The van der Waals surface area contributed by atoms with Gasteiger partial charge in [0.2, 0.25) is 5.91 Å². The third kappa shape index (κ3) is 2.74. The number of benzene rings is 1. The Morgan fingerprint density at radius 3 is 2.90 bits per heavy atom. The van der Waals surface area contributed by atoms with Crippen LogP contribution in [0, 0.1) is 6.92 Å². The number of halogens is 1. The van der Waals surface area contributed by atoms with E-state index in [-0.39, 0.29) is 11.2 Å². The van der Waals surface area contributed by atoms with Crippen LogP contribution in [0.15, 0.2) is 45.9 Å². The summed E-state index contributed by atoms with van der Waals surface area (Å²) in [6.07, 6.45) is 0.787. The minimum absolute atomic E-state index is 0.0402. The van der Waals surface area contributed by atoms with Gasteiger partial charge in [0.1, 0.15) is 4.60 Å². The molecule has 0 aliphatic carbocycles. The topological polar surface area (TPSA) is 42.0 Å². The summed E-state index contributed by atoms with van der Waals surface area (Å²) in [7, 11) is 0. The van der Waals surface area contributed by atoms with E-state index in [2.05, 4.69) is 38.4 Å². The molecule has 1 atom stereocenters. The number of nitrogens with one attached hydrogen (secondary N) is 1. The van der Waals surface area contributed by atoms with Crippen molar-refractivity contribution in [1.29, 1.82) is 0 Å². The quantitative estimate of drug-likeness (QED) is 0.839. The highest BCUT2D eigenvalue weighted by Crippen LogP contribution is 2.37. The molecule has 0 saturated carbocycles. The Kier molecular flexibility index (Phi) is 3.81. The second kappa shape index (κ2) is 5.58. The maximum absolute atomic E-state index is 12.3. The van der Waals surface area contributed by atoms with Crippen molar-refractivity contribution in [3.63, 3.8) is 0 Å². The van der Waals surface area contributed by atoms with E-state index in [1.165, 1.54) is 10.5 Å². The van der Waals surface area contributed by atoms with Gasteiger partial charge >= 0.3 is 0 Å². The summed E-state index contributed by atoms with van der Waals surface area (Å²) in [5.74, 6) is 0.0402. The summed E-state index contributed by atoms with van der Waals surface area (Å²) in [4.78, 5) is 17.8. The van der Waals surface area contributed by atoms with Crippen LogP contribution in [0.25, 0.3) is 0 Å². The molecule has 2 aromatic rings. The number of hydrogen-bond donors (Lipinski definition) is 1. The number of hydrogen-bond acceptors (Lipinski definition) is 3. The van der Waals surface area contributed by atoms with Gasteiger partial charge in [-0.05, 0) is 53.0 Å². The highest BCUT2D eigenvalue weighted by atomic mass is 79.9. The van der Waals surface area contributed by atoms with Crippen molar-refractivity contribution < 1.29 is 4.79 Å². The summed E-state index contributed by atoms with van der Waals surface area (Å²) < 4.78 is 0.774. The van der Waals surface area contributed by atoms with Crippen LogP contribution in [0.1, 0.15) is 11.3 Å². The Morgan fingerprint density at radius 1 is 1.35 bits per heavy atom. The van der Waals surface area contributed by atoms with E-state index in [1.807, 2.05) is 31.2 Å². The van der Waals surface area contributed by atoms with Crippen LogP contribution < -0.4 is 5.32 Å². The van der Waals surface area contributed by atoms with E-state index in [4.69, 9.17) is 0 Å². The number of pyridine rings is 1. The molecular weight excluding hydrogens is 336 g/mol. The normalized spacial score (nSPS) is 16.8. The summed E-state index contributed by atoms with van der Waals surface area (Å²) >= 11 is 4.95. The fraction of sp³-hybridized carbons (Fsp3) is 0.200. The van der Waals surface area contributed by atoms with Crippen molar-refractivity contribution >= 4 is 39.3 Å². The van der Waals surface area contributed by atoms with Crippen molar-refractivity contribution in [2.24, 2.45) is 0 Å². The maximum atomic E-state index is 12.3. The second-order valence-electron chi connectivity index (χ2n) is 4.67. The highest BCUT2D eigenvalue weighted by molar-refractivity contribution is 9.10. The lowest BCUT2D eigenvalue weighted by atomic mass is 10.1. The Hall–Kier alpha value is -1.33. The fourth-order valence-corrected chi connectivity index (χ4v) is 3.80. The maximum Gasteiger partial charge on any atom is 0.238 e. The van der Waals surface area contributed by atoms with Gasteiger partial charge in [-0.2, -0.15) is 0 Å². The molecular formula is C15H13BrN2OS. The molecule has 20 heavy (non-hydrogen) atoms. The van der Waals surface area contributed by atoms with Crippen molar-refractivity contribution in [3.8, 4) is 0 Å². The molecule has 1 aliphatic heterocycles. The minimum atomic E-state index is -0.0598. The Morgan fingerprint density at radius 2 is 2.15 bits per heavy atom. The van der Waals surface area contributed by atoms with Gasteiger partial charge < -0.3 is 5.32 Å². The Labute approximate surface area is 130 Å². The molecule has 0 fully saturated rings. The van der Waals surface area contributed by atoms with E-state index >= 15 is 0 Å². The molecule has 0 saturated heterocycles. The third-order valence-electron chi connectivity index (χ3n) is 3.25. The van der Waals surface area contributed by atoms with E-state index < -0.39 is 0 Å². The average Bonchev–Trinajstić information content (AvgIpc) is 2.86. The zero-order chi connectivity index (χ0) is 14.1. The second-order valence-corrected chi connectivity index (χ2v) is 6.73. The Bertz CT molecular complexity index is 650. The van der Waals surface area contributed by atoms with E-state index in [1.54, 1.807) is 11.8 Å². The predicted octanol–water partition coefficient (Wildman–Crippen LogP) is 3.81. The zero-order valence-corrected chi connectivity index (χ0v) is 13.3. The lowest BCUT2D eigenvalue weighted by Crippen LogP contribution is -2.25. The van der Waals surface area contributed by atoms with Crippen LogP contribution >= 0.6 is 27.7 Å². The van der Waals surface area contributed by atoms with Gasteiger partial charge in [0.25, 0.3) is 0 Å². The number of nitrogens with zero attached hydrogens (tertiary/aromatic N) is 1. The molecule has 5 heteroatoms. The van der Waals surface area contributed by atoms with E-state index in [9.17, 15) is 4.79 Å². The average molecular weight is 349 g/mol. The standard InChI is InChI=1S/C15H13BrN2OS/c1-9-11(6-7-14(16)17-9)18-15(19)13-8-10-4-2-3-5-12(10)20-13/h2-7,13H,8H2,1H3,(H,18,19). The molecule has 1 amide bonds. The SMILES string of the molecule is Cc1nc(Br)ccc1NC(=O)C1Cc2ccccc2S1. The largest absolute Gasteiger partial charge is 0.324 e. The molecule has 1 aromatic carbocycles. The molecule has 1 unspecified atom stereocenters. The number of carbonyl (C=O) groups is 1. The van der Waals surface area contributed by atoms with Crippen LogP contribution in [0.3, 0.4) is 0 Å². The molecule has 0 bridgehead atoms. The fourth-order valence-electron chi connectivity index (χ4n) is 2.20. The van der Waals surface area contributed by atoms with Gasteiger partial charge in [-0.15, -0.1) is 11.8 Å². The first kappa shape index (κ1) is 13.6. The van der Waals surface area contributed by atoms with Crippen LogP contribution in [0.2, 0.25) is 0 Å². The number of aromatic nitrogens is 1. The minimum Gasteiger partial charge on any atom is -0.324 e. The molecule has 2 heterocycles. The first-order chi connectivity index (χ1) is 9.63. The third-order valence-corrected chi connectivity index (χ3v) is 5.01. The summed E-state index contributed by atoms with van der Waals surface area (Å²) in [6.45, 7) is 1.89. The number of thioether (sulfide) groups is 1. The van der Waals surface area contributed by atoms with Crippen LogP contribution in [0.5, 0.6) is 0 Å². The lowest BCUT2D eigenvalue weighted by Gasteiger charge is -2.11. The molecule has 1 N–H and O–H groups in total. The van der Waals surface area contributed by atoms with Gasteiger partial charge in [0.15, 0.2) is 0 Å². The van der Waals surface area contributed by atoms with Gasteiger partial charge in [-0.3, -0.25) is 4.79 Å². The van der Waals surface area contributed by atoms with Gasteiger partial charge in [0, 0.05) is 4.90 Å². The number of aryl methyl sites for hydroxylation is 1. The first-order valence-electron chi connectivity index (χ1n) is 6.32. The van der Waals surface area contributed by atoms with Gasteiger partial charge in [-0.25, -0.2) is 4.98 Å². The Balaban J connectivity index is 1.72. The molecule has 0 spiro atoms. The first-order valence-corrected chi connectivity index (χ1v) is 7.99. The predicted molar refractivity (Wildman–Crippen MR) is 85.1 cm³/mol. The van der Waals surface area contributed by atoms with E-state index in [0.29, 0.717) is 0 Å². The summed E-state index contributed by atoms with van der Waals surface area (Å²) in [5.41, 5.74) is 2.84. The molecule has 1 aliphatic rings. The molecule has 3 rings (SSSR count). The number of carbonyl (C=O) groups excluding carboxylic acids is 1. The van der Waals surface area contributed by atoms with Crippen molar-refractivity contribution in [3.05, 3.63) is 52.3 Å². The highest BCUT2D eigenvalue weighted by Gasteiger charge is 2.28. The van der Waals surface area contributed by atoms with Crippen molar-refractivity contribution in [2.75, 3.05) is 5.32 Å². The lowest BCUT2D eigenvalue weighted by molar-refractivity contribution is -0.115. The van der Waals surface area contributed by atoms with Gasteiger partial charge in [0.05, 0.1) is 16.6 Å². The van der Waals surface area contributed by atoms with E-state index in [0.717, 1.165) is 22.4 Å². The van der Waals surface area contributed by atoms with Crippen LogP contribution in [-0.4, -0.2) is 16.1 Å². The van der Waals surface area contributed by atoms with Crippen LogP contribution in [-0.2, 0) is 11.2 Å².